The summed E-state index contributed by atoms with van der Waals surface area (Å²) in [7, 11) is 1.62. The topological polar surface area (TPSA) is 46.5 Å². The third kappa shape index (κ3) is 1.27. The average Bonchev–Trinajstić information content (AvgIpc) is 2.63. The highest BCUT2D eigenvalue weighted by Gasteiger charge is 2.41. The summed E-state index contributed by atoms with van der Waals surface area (Å²) in [5, 5.41) is 9.02. The zero-order chi connectivity index (χ0) is 9.42. The van der Waals surface area contributed by atoms with E-state index < -0.39 is 5.97 Å². The summed E-state index contributed by atoms with van der Waals surface area (Å²) in [6.07, 6.45) is 3.25. The van der Waals surface area contributed by atoms with Crippen molar-refractivity contribution < 1.29 is 14.6 Å². The lowest BCUT2D eigenvalue weighted by molar-refractivity contribution is -0.133. The van der Waals surface area contributed by atoms with Crippen LogP contribution in [0.5, 0.6) is 0 Å². The normalized spacial score (nSPS) is 31.5. The van der Waals surface area contributed by atoms with Crippen LogP contribution in [0.4, 0.5) is 0 Å². The maximum absolute atomic E-state index is 11.0. The first-order valence-corrected chi connectivity index (χ1v) is 4.69. The van der Waals surface area contributed by atoms with E-state index in [1.807, 2.05) is 0 Å². The van der Waals surface area contributed by atoms with Gasteiger partial charge in [0.05, 0.1) is 6.61 Å². The van der Waals surface area contributed by atoms with Gasteiger partial charge in [-0.2, -0.15) is 0 Å². The molecule has 0 saturated heterocycles. The molecule has 0 aromatic rings. The molecule has 0 heterocycles. The molecule has 0 aromatic heterocycles. The molecule has 0 spiro atoms. The molecule has 2 atom stereocenters. The minimum atomic E-state index is -0.737. The summed E-state index contributed by atoms with van der Waals surface area (Å²) in [5.74, 6) is 0.0722. The van der Waals surface area contributed by atoms with E-state index in [1.54, 1.807) is 7.11 Å². The number of fused-ring (bicyclic) bond motifs is 2. The van der Waals surface area contributed by atoms with Crippen molar-refractivity contribution in [3.05, 3.63) is 11.1 Å². The minimum Gasteiger partial charge on any atom is -0.478 e. The predicted molar refractivity (Wildman–Crippen MR) is 47.4 cm³/mol. The molecule has 0 radical (unpaired) electrons. The summed E-state index contributed by atoms with van der Waals surface area (Å²) >= 11 is 0. The maximum Gasteiger partial charge on any atom is 0.331 e. The molecule has 1 saturated carbocycles. The van der Waals surface area contributed by atoms with Crippen LogP contribution in [0.2, 0.25) is 0 Å². The zero-order valence-electron chi connectivity index (χ0n) is 7.75. The Morgan fingerprint density at radius 1 is 1.54 bits per heavy atom. The summed E-state index contributed by atoms with van der Waals surface area (Å²) in [5.41, 5.74) is 1.70. The van der Waals surface area contributed by atoms with Crippen molar-refractivity contribution in [2.24, 2.45) is 11.8 Å². The Bertz CT molecular complexity index is 267. The van der Waals surface area contributed by atoms with Gasteiger partial charge < -0.3 is 9.84 Å². The highest BCUT2D eigenvalue weighted by atomic mass is 16.5. The van der Waals surface area contributed by atoms with Crippen molar-refractivity contribution in [1.29, 1.82) is 0 Å². The van der Waals surface area contributed by atoms with E-state index in [-0.39, 0.29) is 0 Å². The molecule has 2 bridgehead atoms. The van der Waals surface area contributed by atoms with Gasteiger partial charge in [0.15, 0.2) is 0 Å². The van der Waals surface area contributed by atoms with Crippen molar-refractivity contribution in [1.82, 2.24) is 0 Å². The van der Waals surface area contributed by atoms with Crippen molar-refractivity contribution in [2.45, 2.75) is 19.3 Å². The van der Waals surface area contributed by atoms with E-state index >= 15 is 0 Å². The van der Waals surface area contributed by atoms with Gasteiger partial charge in [-0.1, -0.05) is 0 Å². The second kappa shape index (κ2) is 3.14. The van der Waals surface area contributed by atoms with Gasteiger partial charge in [-0.15, -0.1) is 0 Å². The summed E-state index contributed by atoms with van der Waals surface area (Å²) in [6.45, 7) is 0.503. The lowest BCUT2D eigenvalue weighted by Gasteiger charge is -2.16. The molecule has 3 heteroatoms. The Balaban J connectivity index is 2.29. The van der Waals surface area contributed by atoms with Crippen LogP contribution in [-0.4, -0.2) is 24.8 Å². The van der Waals surface area contributed by atoms with Crippen LogP contribution in [0, 0.1) is 11.8 Å². The molecule has 1 fully saturated rings. The summed E-state index contributed by atoms with van der Waals surface area (Å²) in [4.78, 5) is 11.0. The highest BCUT2D eigenvalue weighted by Crippen LogP contribution is 2.48. The van der Waals surface area contributed by atoms with Gasteiger partial charge in [-0.25, -0.2) is 4.79 Å². The second-order valence-electron chi connectivity index (χ2n) is 3.88. The Kier molecular flexibility index (Phi) is 2.12. The third-order valence-electron chi connectivity index (χ3n) is 3.21. The van der Waals surface area contributed by atoms with Crippen LogP contribution >= 0.6 is 0 Å². The first-order valence-electron chi connectivity index (χ1n) is 4.69. The van der Waals surface area contributed by atoms with Gasteiger partial charge in [0.1, 0.15) is 0 Å². The number of hydrogen-bond donors (Lipinski definition) is 1. The fourth-order valence-electron chi connectivity index (χ4n) is 2.71. The van der Waals surface area contributed by atoms with Crippen LogP contribution in [0.1, 0.15) is 19.3 Å². The molecule has 2 aliphatic carbocycles. The minimum absolute atomic E-state index is 0.313. The van der Waals surface area contributed by atoms with Crippen LogP contribution in [0.25, 0.3) is 0 Å². The molecule has 13 heavy (non-hydrogen) atoms. The van der Waals surface area contributed by atoms with Crippen LogP contribution in [0.15, 0.2) is 11.1 Å². The molecule has 0 aromatic carbocycles. The second-order valence-corrected chi connectivity index (χ2v) is 3.88. The first kappa shape index (κ1) is 8.75. The van der Waals surface area contributed by atoms with E-state index in [0.717, 1.165) is 24.8 Å². The number of carbonyl (C=O) groups is 1. The number of methoxy groups -OCH3 is 1. The Morgan fingerprint density at radius 2 is 2.23 bits per heavy atom. The van der Waals surface area contributed by atoms with E-state index in [0.29, 0.717) is 24.0 Å². The lowest BCUT2D eigenvalue weighted by atomic mass is 9.92. The summed E-state index contributed by atoms with van der Waals surface area (Å²) in [6, 6.07) is 0. The van der Waals surface area contributed by atoms with E-state index in [9.17, 15) is 4.79 Å². The smallest absolute Gasteiger partial charge is 0.331 e. The molecule has 0 aliphatic heterocycles. The van der Waals surface area contributed by atoms with Crippen LogP contribution in [0.3, 0.4) is 0 Å². The Morgan fingerprint density at radius 3 is 2.85 bits per heavy atom. The molecule has 2 rings (SSSR count). The van der Waals surface area contributed by atoms with Gasteiger partial charge in [0.2, 0.25) is 0 Å². The van der Waals surface area contributed by atoms with Gasteiger partial charge in [0, 0.05) is 12.7 Å². The fraction of sp³-hybridized carbons (Fsp3) is 0.700. The number of rotatable bonds is 3. The molecule has 2 unspecified atom stereocenters. The molecule has 72 valence electrons. The van der Waals surface area contributed by atoms with Crippen molar-refractivity contribution in [3.63, 3.8) is 0 Å². The number of hydrogen-bond acceptors (Lipinski definition) is 2. The largest absolute Gasteiger partial charge is 0.478 e. The molecule has 0 amide bonds. The predicted octanol–water partition coefficient (Wildman–Crippen LogP) is 1.44. The van der Waals surface area contributed by atoms with Crippen molar-refractivity contribution in [3.8, 4) is 0 Å². The molecule has 2 aliphatic rings. The fourth-order valence-corrected chi connectivity index (χ4v) is 2.71. The number of aliphatic carboxylic acids is 1. The van der Waals surface area contributed by atoms with Gasteiger partial charge in [-0.05, 0) is 36.7 Å². The van der Waals surface area contributed by atoms with Crippen LogP contribution in [-0.2, 0) is 9.53 Å². The van der Waals surface area contributed by atoms with E-state index in [4.69, 9.17) is 9.84 Å². The SMILES string of the molecule is COCC1=C(C(=O)O)C2CCC1C2. The number of carboxylic acids is 1. The average molecular weight is 182 g/mol. The van der Waals surface area contributed by atoms with Crippen LogP contribution < -0.4 is 0 Å². The zero-order valence-corrected chi connectivity index (χ0v) is 7.75. The van der Waals surface area contributed by atoms with Crippen molar-refractivity contribution >= 4 is 5.97 Å². The monoisotopic (exact) mass is 182 g/mol. The third-order valence-corrected chi connectivity index (χ3v) is 3.21. The summed E-state index contributed by atoms with van der Waals surface area (Å²) < 4.78 is 5.04. The Labute approximate surface area is 77.4 Å². The molecular formula is C10H14O3. The van der Waals surface area contributed by atoms with E-state index in [2.05, 4.69) is 0 Å². The van der Waals surface area contributed by atoms with Gasteiger partial charge >= 0.3 is 5.97 Å². The number of carboxylic acid groups (broad SMARTS) is 1. The number of ether oxygens (including phenoxy) is 1. The first-order chi connectivity index (χ1) is 6.24. The molecule has 1 N–H and O–H groups in total. The highest BCUT2D eigenvalue weighted by molar-refractivity contribution is 5.89. The maximum atomic E-state index is 11.0. The van der Waals surface area contributed by atoms with Gasteiger partial charge in [0.25, 0.3) is 0 Å². The van der Waals surface area contributed by atoms with Crippen molar-refractivity contribution in [2.75, 3.05) is 13.7 Å². The van der Waals surface area contributed by atoms with Gasteiger partial charge in [-0.3, -0.25) is 0 Å². The standard InChI is InChI=1S/C10H14O3/c1-13-5-8-6-2-3-7(4-6)9(8)10(11)12/h6-7H,2-5H2,1H3,(H,11,12). The quantitative estimate of drug-likeness (QED) is 0.718. The van der Waals surface area contributed by atoms with E-state index in [1.165, 1.54) is 0 Å². The molecule has 3 nitrogen and oxygen atoms in total. The Hall–Kier alpha value is -0.830. The lowest BCUT2D eigenvalue weighted by Crippen LogP contribution is -2.14. The molecular weight excluding hydrogens is 168 g/mol.